The summed E-state index contributed by atoms with van der Waals surface area (Å²) < 4.78 is 7.39. The largest absolute Gasteiger partial charge is 0.507 e. The zero-order chi connectivity index (χ0) is 23.5. The third-order valence-corrected chi connectivity index (χ3v) is 6.08. The highest BCUT2D eigenvalue weighted by molar-refractivity contribution is 6.31. The number of hydrogen-bond acceptors (Lipinski definition) is 8. The number of benzene rings is 1. The van der Waals surface area contributed by atoms with E-state index in [1.807, 2.05) is 6.20 Å². The van der Waals surface area contributed by atoms with Crippen LogP contribution in [-0.2, 0) is 28.6 Å². The Balaban J connectivity index is 1.84. The van der Waals surface area contributed by atoms with Crippen LogP contribution in [0, 0.1) is 6.92 Å². The number of aromatic nitrogens is 2. The molecule has 0 saturated heterocycles. The second-order valence-corrected chi connectivity index (χ2v) is 8.26. The molecule has 0 fully saturated rings. The van der Waals surface area contributed by atoms with Crippen LogP contribution in [0.25, 0.3) is 0 Å². The summed E-state index contributed by atoms with van der Waals surface area (Å²) in [5.41, 5.74) is -0.357. The first kappa shape index (κ1) is 21.4. The van der Waals surface area contributed by atoms with Crippen molar-refractivity contribution in [2.75, 3.05) is 0 Å². The van der Waals surface area contributed by atoms with Gasteiger partial charge in [-0.2, -0.15) is 5.10 Å². The Kier molecular flexibility index (Phi) is 4.73. The Morgan fingerprint density at radius 2 is 1.94 bits per heavy atom. The molecule has 166 valence electrons. The molecule has 1 aromatic carbocycles. The lowest BCUT2D eigenvalue weighted by atomic mass is 9.70. The number of hydrogen-bond donors (Lipinski definition) is 3. The van der Waals surface area contributed by atoms with Gasteiger partial charge in [0.05, 0.1) is 17.3 Å². The molecule has 0 radical (unpaired) electrons. The van der Waals surface area contributed by atoms with Crippen molar-refractivity contribution in [1.82, 2.24) is 15.1 Å². The molecule has 3 N–H and O–H groups in total. The third kappa shape index (κ3) is 2.84. The number of ketones is 3. The van der Waals surface area contributed by atoms with Gasteiger partial charge in [-0.1, -0.05) is 0 Å². The van der Waals surface area contributed by atoms with E-state index in [9.17, 15) is 24.6 Å². The van der Waals surface area contributed by atoms with Crippen LogP contribution in [0.1, 0.15) is 47.8 Å². The summed E-state index contributed by atoms with van der Waals surface area (Å²) in [5.74, 6) is -2.46. The first-order valence-electron chi connectivity index (χ1n) is 9.99. The van der Waals surface area contributed by atoms with E-state index in [1.54, 1.807) is 24.9 Å². The topological polar surface area (TPSA) is 131 Å². The highest BCUT2D eigenvalue weighted by Crippen LogP contribution is 2.57. The second-order valence-electron chi connectivity index (χ2n) is 8.26. The van der Waals surface area contributed by atoms with Gasteiger partial charge in [0, 0.05) is 42.7 Å². The zero-order valence-corrected chi connectivity index (χ0v) is 18.4. The summed E-state index contributed by atoms with van der Waals surface area (Å²) in [5, 5.41) is 28.4. The molecule has 9 heteroatoms. The highest BCUT2D eigenvalue weighted by atomic mass is 16.5. The average Bonchev–Trinajstić information content (AvgIpc) is 3.26. The van der Waals surface area contributed by atoms with Gasteiger partial charge in [0.15, 0.2) is 17.3 Å². The predicted octanol–water partition coefficient (Wildman–Crippen LogP) is 2.09. The van der Waals surface area contributed by atoms with Gasteiger partial charge in [0.1, 0.15) is 34.0 Å². The summed E-state index contributed by atoms with van der Waals surface area (Å²) >= 11 is 0. The molecular weight excluding hydrogens is 414 g/mol. The predicted molar refractivity (Wildman–Crippen MR) is 113 cm³/mol. The first-order valence-corrected chi connectivity index (χ1v) is 9.99. The van der Waals surface area contributed by atoms with Crippen molar-refractivity contribution in [3.63, 3.8) is 0 Å². The number of aromatic hydroxyl groups is 2. The number of allylic oxidation sites excluding steroid dienone is 4. The van der Waals surface area contributed by atoms with Gasteiger partial charge in [-0.3, -0.25) is 19.1 Å². The molecular formula is C23H23N3O6. The van der Waals surface area contributed by atoms with Gasteiger partial charge < -0.3 is 20.3 Å². The van der Waals surface area contributed by atoms with E-state index in [2.05, 4.69) is 10.4 Å². The van der Waals surface area contributed by atoms with E-state index in [0.717, 1.165) is 5.56 Å². The van der Waals surface area contributed by atoms with Gasteiger partial charge in [0.2, 0.25) is 0 Å². The van der Waals surface area contributed by atoms with Crippen LogP contribution in [0.15, 0.2) is 35.5 Å². The second kappa shape index (κ2) is 7.08. The lowest BCUT2D eigenvalue weighted by Gasteiger charge is -2.29. The molecule has 0 amide bonds. The van der Waals surface area contributed by atoms with Crippen LogP contribution >= 0.6 is 0 Å². The molecule has 2 aromatic rings. The number of phenolic OH excluding ortho intramolecular Hbond substituents is 2. The fourth-order valence-corrected chi connectivity index (χ4v) is 4.25. The van der Waals surface area contributed by atoms with Crippen LogP contribution < -0.4 is 10.1 Å². The lowest BCUT2D eigenvalue weighted by molar-refractivity contribution is -0.123. The number of carbonyl (C=O) groups excluding carboxylic acids is 3. The SMILES string of the molecule is CC(=O)c1c(O)c(C)c(O)c2c1OC1=CC(=O)/C(=C(/C)NCc3cnn(C)c3)C(=O)[C@]12C. The molecule has 1 aromatic heterocycles. The molecule has 0 spiro atoms. The van der Waals surface area contributed by atoms with Crippen molar-refractivity contribution in [1.29, 1.82) is 0 Å². The molecule has 1 aliphatic heterocycles. The fourth-order valence-electron chi connectivity index (χ4n) is 4.25. The van der Waals surface area contributed by atoms with E-state index in [4.69, 9.17) is 4.74 Å². The summed E-state index contributed by atoms with van der Waals surface area (Å²) in [6.45, 7) is 6.21. The maximum absolute atomic E-state index is 13.7. The van der Waals surface area contributed by atoms with Gasteiger partial charge in [-0.25, -0.2) is 0 Å². The van der Waals surface area contributed by atoms with Crippen molar-refractivity contribution in [2.45, 2.75) is 39.7 Å². The average molecular weight is 437 g/mol. The van der Waals surface area contributed by atoms with E-state index >= 15 is 0 Å². The molecule has 2 heterocycles. The number of phenols is 2. The van der Waals surface area contributed by atoms with Crippen molar-refractivity contribution in [2.24, 2.45) is 7.05 Å². The summed E-state index contributed by atoms with van der Waals surface area (Å²) in [4.78, 5) is 38.8. The number of aryl methyl sites for hydroxylation is 1. The van der Waals surface area contributed by atoms with E-state index in [-0.39, 0.29) is 39.5 Å². The third-order valence-electron chi connectivity index (χ3n) is 6.08. The maximum Gasteiger partial charge on any atom is 0.194 e. The molecule has 0 saturated carbocycles. The molecule has 0 unspecified atom stereocenters. The fraction of sp³-hybridized carbons (Fsp3) is 0.304. The van der Waals surface area contributed by atoms with Crippen LogP contribution in [0.5, 0.6) is 17.2 Å². The van der Waals surface area contributed by atoms with Crippen molar-refractivity contribution in [3.8, 4) is 17.2 Å². The van der Waals surface area contributed by atoms with Crippen molar-refractivity contribution in [3.05, 3.63) is 57.8 Å². The standard InChI is InChI=1S/C23H23N3O6/c1-10-19(29)17(12(3)27)21-18(20(10)30)23(4)15(32-21)6-14(28)16(22(23)31)11(2)24-7-13-8-25-26(5)9-13/h6,8-9,24,29-30H,7H2,1-5H3/b16-11+/t23-/m1/s1. The van der Waals surface area contributed by atoms with Crippen LogP contribution in [-0.4, -0.2) is 37.3 Å². The number of fused-ring (bicyclic) bond motifs is 3. The minimum absolute atomic E-state index is 0.00843. The number of rotatable bonds is 4. The molecule has 1 atom stereocenters. The van der Waals surface area contributed by atoms with Gasteiger partial charge in [-0.05, 0) is 27.7 Å². The molecule has 4 rings (SSSR count). The minimum atomic E-state index is -1.53. The zero-order valence-electron chi connectivity index (χ0n) is 18.4. The number of nitrogens with zero attached hydrogens (tertiary/aromatic N) is 2. The van der Waals surface area contributed by atoms with E-state index < -0.39 is 28.5 Å². The van der Waals surface area contributed by atoms with Crippen molar-refractivity contribution >= 4 is 17.3 Å². The molecule has 0 bridgehead atoms. The molecule has 9 nitrogen and oxygen atoms in total. The molecule has 2 aliphatic rings. The van der Waals surface area contributed by atoms with Gasteiger partial charge in [-0.15, -0.1) is 0 Å². The number of carbonyl (C=O) groups is 3. The van der Waals surface area contributed by atoms with Gasteiger partial charge >= 0.3 is 0 Å². The van der Waals surface area contributed by atoms with Crippen molar-refractivity contribution < 1.29 is 29.3 Å². The number of Topliss-reactive ketones (excluding diaryl/α,β-unsaturated/α-hetero) is 2. The highest BCUT2D eigenvalue weighted by Gasteiger charge is 2.56. The smallest absolute Gasteiger partial charge is 0.194 e. The van der Waals surface area contributed by atoms with Crippen LogP contribution in [0.4, 0.5) is 0 Å². The Morgan fingerprint density at radius 1 is 1.25 bits per heavy atom. The normalized spacial score (nSPS) is 21.0. The summed E-state index contributed by atoms with van der Waals surface area (Å²) in [7, 11) is 1.79. The minimum Gasteiger partial charge on any atom is -0.507 e. The van der Waals surface area contributed by atoms with E-state index in [1.165, 1.54) is 26.8 Å². The molecule has 1 aliphatic carbocycles. The Labute approximate surface area is 184 Å². The van der Waals surface area contributed by atoms with E-state index in [0.29, 0.717) is 12.2 Å². The quantitative estimate of drug-likeness (QED) is 0.377. The molecule has 32 heavy (non-hydrogen) atoms. The Morgan fingerprint density at radius 3 is 2.53 bits per heavy atom. The Hall–Kier alpha value is -3.88. The van der Waals surface area contributed by atoms with Crippen LogP contribution in [0.3, 0.4) is 0 Å². The van der Waals surface area contributed by atoms with Gasteiger partial charge in [0.25, 0.3) is 0 Å². The number of ether oxygens (including phenoxy) is 1. The Bertz CT molecular complexity index is 1280. The first-order chi connectivity index (χ1) is 15.0. The maximum atomic E-state index is 13.7. The van der Waals surface area contributed by atoms with Crippen LogP contribution in [0.2, 0.25) is 0 Å². The number of nitrogens with one attached hydrogen (secondary N) is 1. The summed E-state index contributed by atoms with van der Waals surface area (Å²) in [6, 6.07) is 0. The monoisotopic (exact) mass is 437 g/mol. The summed E-state index contributed by atoms with van der Waals surface area (Å²) in [6.07, 6.45) is 4.68. The lowest BCUT2D eigenvalue weighted by Crippen LogP contribution is -2.41.